The molecular weight excluding hydrogens is 298 g/mol. The Hall–Kier alpha value is -2.47. The summed E-state index contributed by atoms with van der Waals surface area (Å²) in [6.45, 7) is 3.89. The minimum absolute atomic E-state index is 0.163. The van der Waals surface area contributed by atoms with Gasteiger partial charge in [0.25, 0.3) is 5.56 Å². The van der Waals surface area contributed by atoms with E-state index in [2.05, 4.69) is 11.1 Å². The molecule has 0 saturated heterocycles. The van der Waals surface area contributed by atoms with Crippen molar-refractivity contribution in [2.45, 2.75) is 20.4 Å². The molecule has 1 aromatic carbocycles. The third-order valence-corrected chi connectivity index (χ3v) is 4.45. The van der Waals surface area contributed by atoms with E-state index in [1.54, 1.807) is 0 Å². The topological polar surface area (TPSA) is 78.0 Å². The molecule has 0 bridgehead atoms. The Bertz CT molecular complexity index is 940. The highest BCUT2D eigenvalue weighted by Crippen LogP contribution is 2.32. The molecule has 0 aliphatic carbocycles. The lowest BCUT2D eigenvalue weighted by atomic mass is 9.99. The number of thiophene rings is 1. The zero-order valence-corrected chi connectivity index (χ0v) is 13.1. The van der Waals surface area contributed by atoms with Crippen LogP contribution in [0.2, 0.25) is 0 Å². The second-order valence-electron chi connectivity index (χ2n) is 5.29. The van der Waals surface area contributed by atoms with Crippen LogP contribution in [0.1, 0.15) is 11.1 Å². The number of aromatic nitrogens is 2. The van der Waals surface area contributed by atoms with Crippen molar-refractivity contribution in [3.8, 4) is 11.1 Å². The maximum Gasteiger partial charge on any atom is 0.263 e. The predicted molar refractivity (Wildman–Crippen MR) is 88.0 cm³/mol. The van der Waals surface area contributed by atoms with Gasteiger partial charge in [-0.05, 0) is 25.0 Å². The van der Waals surface area contributed by atoms with E-state index >= 15 is 0 Å². The van der Waals surface area contributed by atoms with Gasteiger partial charge in [-0.1, -0.05) is 23.8 Å². The van der Waals surface area contributed by atoms with Gasteiger partial charge in [0.05, 0.1) is 11.7 Å². The molecule has 3 aromatic rings. The largest absolute Gasteiger partial charge is 0.368 e. The molecule has 0 aliphatic rings. The number of benzene rings is 1. The molecule has 3 rings (SSSR count). The maximum absolute atomic E-state index is 12.6. The number of fused-ring (bicyclic) bond motifs is 1. The lowest BCUT2D eigenvalue weighted by Gasteiger charge is -2.07. The number of rotatable bonds is 3. The minimum atomic E-state index is -0.563. The number of primary amides is 1. The Labute approximate surface area is 131 Å². The van der Waals surface area contributed by atoms with Crippen LogP contribution in [0.15, 0.2) is 34.7 Å². The SMILES string of the molecule is Cc1ccc(-c2csc3ncn(CC(N)=O)c(=O)c23)c(C)c1. The molecule has 2 aromatic heterocycles. The van der Waals surface area contributed by atoms with Gasteiger partial charge in [0.15, 0.2) is 0 Å². The van der Waals surface area contributed by atoms with Crippen molar-refractivity contribution in [1.29, 1.82) is 0 Å². The molecule has 5 nitrogen and oxygen atoms in total. The zero-order chi connectivity index (χ0) is 15.9. The highest BCUT2D eigenvalue weighted by molar-refractivity contribution is 7.17. The molecule has 0 fully saturated rings. The summed E-state index contributed by atoms with van der Waals surface area (Å²) in [6, 6.07) is 6.11. The van der Waals surface area contributed by atoms with E-state index in [1.165, 1.54) is 27.8 Å². The highest BCUT2D eigenvalue weighted by Gasteiger charge is 2.15. The van der Waals surface area contributed by atoms with Gasteiger partial charge in [-0.25, -0.2) is 4.98 Å². The van der Waals surface area contributed by atoms with Crippen LogP contribution in [0.4, 0.5) is 0 Å². The molecule has 1 amide bonds. The molecule has 0 atom stereocenters. The summed E-state index contributed by atoms with van der Waals surface area (Å²) in [5, 5.41) is 2.48. The molecule has 0 aliphatic heterocycles. The van der Waals surface area contributed by atoms with Crippen molar-refractivity contribution in [1.82, 2.24) is 9.55 Å². The van der Waals surface area contributed by atoms with Crippen LogP contribution in [0, 0.1) is 13.8 Å². The Morgan fingerprint density at radius 2 is 2.09 bits per heavy atom. The van der Waals surface area contributed by atoms with Crippen molar-refractivity contribution in [2.24, 2.45) is 5.73 Å². The van der Waals surface area contributed by atoms with Crippen LogP contribution >= 0.6 is 11.3 Å². The lowest BCUT2D eigenvalue weighted by molar-refractivity contribution is -0.118. The molecule has 112 valence electrons. The van der Waals surface area contributed by atoms with Gasteiger partial charge >= 0.3 is 0 Å². The van der Waals surface area contributed by atoms with E-state index in [0.717, 1.165) is 16.7 Å². The van der Waals surface area contributed by atoms with Gasteiger partial charge < -0.3 is 5.73 Å². The number of hydrogen-bond donors (Lipinski definition) is 1. The molecule has 6 heteroatoms. The average Bonchev–Trinajstić information content (AvgIpc) is 2.86. The summed E-state index contributed by atoms with van der Waals surface area (Å²) < 4.78 is 1.25. The van der Waals surface area contributed by atoms with Crippen LogP contribution < -0.4 is 11.3 Å². The summed E-state index contributed by atoms with van der Waals surface area (Å²) in [5.41, 5.74) is 9.08. The van der Waals surface area contributed by atoms with Gasteiger partial charge in [-0.2, -0.15) is 0 Å². The first-order chi connectivity index (χ1) is 10.5. The number of carbonyl (C=O) groups is 1. The fourth-order valence-electron chi connectivity index (χ4n) is 2.56. The summed E-state index contributed by atoms with van der Waals surface area (Å²) in [7, 11) is 0. The van der Waals surface area contributed by atoms with Gasteiger partial charge in [-0.3, -0.25) is 14.2 Å². The van der Waals surface area contributed by atoms with E-state index in [4.69, 9.17) is 5.73 Å². The van der Waals surface area contributed by atoms with Crippen molar-refractivity contribution in [3.05, 3.63) is 51.4 Å². The van der Waals surface area contributed by atoms with Crippen LogP contribution in [-0.2, 0) is 11.3 Å². The normalized spacial score (nSPS) is 11.0. The predicted octanol–water partition coefficient (Wildman–Crippen LogP) is 2.23. The Morgan fingerprint density at radius 3 is 2.77 bits per heavy atom. The fraction of sp³-hybridized carbons (Fsp3) is 0.188. The fourth-order valence-corrected chi connectivity index (χ4v) is 3.46. The van der Waals surface area contributed by atoms with Crippen molar-refractivity contribution in [3.63, 3.8) is 0 Å². The minimum Gasteiger partial charge on any atom is -0.368 e. The number of carbonyl (C=O) groups excluding carboxylic acids is 1. The van der Waals surface area contributed by atoms with Gasteiger partial charge in [-0.15, -0.1) is 11.3 Å². The second-order valence-corrected chi connectivity index (χ2v) is 6.15. The van der Waals surface area contributed by atoms with Crippen LogP contribution in [0.3, 0.4) is 0 Å². The third-order valence-electron chi connectivity index (χ3n) is 3.56. The molecule has 0 spiro atoms. The van der Waals surface area contributed by atoms with Gasteiger partial charge in [0.2, 0.25) is 5.91 Å². The van der Waals surface area contributed by atoms with E-state index in [9.17, 15) is 9.59 Å². The highest BCUT2D eigenvalue weighted by atomic mass is 32.1. The first-order valence-electron chi connectivity index (χ1n) is 6.80. The van der Waals surface area contributed by atoms with Gasteiger partial charge in [0, 0.05) is 10.9 Å². The average molecular weight is 313 g/mol. The molecule has 0 radical (unpaired) electrons. The molecular formula is C16H15N3O2S. The van der Waals surface area contributed by atoms with Crippen LogP contribution in [0.5, 0.6) is 0 Å². The standard InChI is InChI=1S/C16H15N3O2S/c1-9-3-4-11(10(2)5-9)12-7-22-15-14(12)16(21)19(8-18-15)6-13(17)20/h3-5,7-8H,6H2,1-2H3,(H2,17,20). The summed E-state index contributed by atoms with van der Waals surface area (Å²) >= 11 is 1.42. The first kappa shape index (κ1) is 14.5. The number of aryl methyl sites for hydroxylation is 2. The van der Waals surface area contributed by atoms with Gasteiger partial charge in [0.1, 0.15) is 11.4 Å². The van der Waals surface area contributed by atoms with Crippen molar-refractivity contribution >= 4 is 27.5 Å². The van der Waals surface area contributed by atoms with E-state index < -0.39 is 5.91 Å². The van der Waals surface area contributed by atoms with Crippen LogP contribution in [0.25, 0.3) is 21.3 Å². The number of amides is 1. The smallest absolute Gasteiger partial charge is 0.263 e. The third kappa shape index (κ3) is 2.42. The first-order valence-corrected chi connectivity index (χ1v) is 7.68. The maximum atomic E-state index is 12.6. The molecule has 0 saturated carbocycles. The van der Waals surface area contributed by atoms with E-state index in [0.29, 0.717) is 10.2 Å². The van der Waals surface area contributed by atoms with Crippen molar-refractivity contribution < 1.29 is 4.79 Å². The summed E-state index contributed by atoms with van der Waals surface area (Å²) in [5.74, 6) is -0.563. The molecule has 2 heterocycles. The number of nitrogens with zero attached hydrogens (tertiary/aromatic N) is 2. The van der Waals surface area contributed by atoms with E-state index in [1.807, 2.05) is 31.4 Å². The Kier molecular flexibility index (Phi) is 3.54. The van der Waals surface area contributed by atoms with Crippen LogP contribution in [-0.4, -0.2) is 15.5 Å². The zero-order valence-electron chi connectivity index (χ0n) is 12.3. The summed E-state index contributed by atoms with van der Waals surface area (Å²) in [4.78, 5) is 28.6. The molecule has 22 heavy (non-hydrogen) atoms. The quantitative estimate of drug-likeness (QED) is 0.805. The van der Waals surface area contributed by atoms with Crippen molar-refractivity contribution in [2.75, 3.05) is 0 Å². The summed E-state index contributed by atoms with van der Waals surface area (Å²) in [6.07, 6.45) is 1.37. The second kappa shape index (κ2) is 5.38. The lowest BCUT2D eigenvalue weighted by Crippen LogP contribution is -2.28. The molecule has 2 N–H and O–H groups in total. The monoisotopic (exact) mass is 313 g/mol. The Balaban J connectivity index is 2.27. The van der Waals surface area contributed by atoms with E-state index in [-0.39, 0.29) is 12.1 Å². The Morgan fingerprint density at radius 1 is 1.32 bits per heavy atom. The number of nitrogens with two attached hydrogens (primary N) is 1. The number of hydrogen-bond acceptors (Lipinski definition) is 4. The molecule has 0 unspecified atom stereocenters.